The van der Waals surface area contributed by atoms with Crippen LogP contribution in [-0.4, -0.2) is 36.6 Å². The summed E-state index contributed by atoms with van der Waals surface area (Å²) in [6.45, 7) is 1.88. The fourth-order valence-corrected chi connectivity index (χ4v) is 3.85. The Morgan fingerprint density at radius 3 is 2.81 bits per heavy atom. The van der Waals surface area contributed by atoms with E-state index in [-0.39, 0.29) is 11.8 Å². The molecule has 1 fully saturated rings. The largest absolute Gasteiger partial charge is 0.465 e. The molecule has 4 aromatic rings. The molecule has 1 aromatic carbocycles. The maximum atomic E-state index is 12.9. The Morgan fingerprint density at radius 2 is 2.06 bits per heavy atom. The van der Waals surface area contributed by atoms with Crippen LogP contribution in [-0.2, 0) is 5.54 Å². The van der Waals surface area contributed by atoms with Crippen molar-refractivity contribution in [3.63, 3.8) is 0 Å². The molecule has 0 spiro atoms. The van der Waals surface area contributed by atoms with Gasteiger partial charge in [0.25, 0.3) is 11.8 Å². The molecule has 0 bridgehead atoms. The van der Waals surface area contributed by atoms with E-state index < -0.39 is 11.6 Å². The lowest BCUT2D eigenvalue weighted by atomic mass is 9.76. The smallest absolute Gasteiger partial charge is 0.405 e. The summed E-state index contributed by atoms with van der Waals surface area (Å²) in [7, 11) is 0. The number of anilines is 1. The van der Waals surface area contributed by atoms with Crippen molar-refractivity contribution in [2.75, 3.05) is 5.32 Å². The third-order valence-corrected chi connectivity index (χ3v) is 5.78. The number of amides is 2. The third kappa shape index (κ3) is 3.35. The number of carbonyl (C=O) groups is 2. The van der Waals surface area contributed by atoms with Crippen molar-refractivity contribution in [3.05, 3.63) is 65.9 Å². The Balaban J connectivity index is 1.42. The molecule has 10 heteroatoms. The van der Waals surface area contributed by atoms with E-state index >= 15 is 0 Å². The monoisotopic (exact) mass is 432 g/mol. The van der Waals surface area contributed by atoms with Gasteiger partial charge >= 0.3 is 6.09 Å². The Bertz CT molecular complexity index is 1340. The van der Waals surface area contributed by atoms with Gasteiger partial charge in [-0.05, 0) is 49.9 Å². The Morgan fingerprint density at radius 1 is 1.22 bits per heavy atom. The summed E-state index contributed by atoms with van der Waals surface area (Å²) in [6, 6.07) is 11.0. The van der Waals surface area contributed by atoms with E-state index in [1.165, 1.54) is 6.20 Å². The van der Waals surface area contributed by atoms with E-state index in [0.29, 0.717) is 41.3 Å². The lowest BCUT2D eigenvalue weighted by Crippen LogP contribution is -2.50. The minimum atomic E-state index is -1.13. The summed E-state index contributed by atoms with van der Waals surface area (Å²) < 4.78 is 7.12. The van der Waals surface area contributed by atoms with Crippen LogP contribution in [0.1, 0.15) is 41.2 Å². The number of nitrogens with one attached hydrogen (secondary N) is 2. The van der Waals surface area contributed by atoms with E-state index in [1.807, 2.05) is 37.3 Å². The van der Waals surface area contributed by atoms with Gasteiger partial charge in [-0.3, -0.25) is 9.20 Å². The molecule has 1 aliphatic carbocycles. The number of benzene rings is 1. The molecule has 162 valence electrons. The Hall–Kier alpha value is -4.21. The van der Waals surface area contributed by atoms with E-state index in [9.17, 15) is 9.59 Å². The molecule has 32 heavy (non-hydrogen) atoms. The van der Waals surface area contributed by atoms with Crippen molar-refractivity contribution >= 4 is 23.3 Å². The standard InChI is InChI=1S/C22H20N6O4/c1-13-6-7-14(18-25-20(32-27-18)22(8-4-9-22)26-21(30)31)11-15(13)24-19(29)16-12-23-17-5-2-3-10-28(16)17/h2-3,5-7,10-12,26H,4,8-9H2,1H3,(H,24,29)(H,30,31). The van der Waals surface area contributed by atoms with Gasteiger partial charge in [-0.1, -0.05) is 23.4 Å². The SMILES string of the molecule is Cc1ccc(-c2noc(C3(NC(=O)O)CCC3)n2)cc1NC(=O)c1cnc2ccccn12. The topological polar surface area (TPSA) is 135 Å². The number of aryl methyl sites for hydroxylation is 1. The number of imidazole rings is 1. The molecule has 10 nitrogen and oxygen atoms in total. The molecule has 0 atom stereocenters. The van der Waals surface area contributed by atoms with Gasteiger partial charge in [-0.2, -0.15) is 4.98 Å². The van der Waals surface area contributed by atoms with Crippen molar-refractivity contribution < 1.29 is 19.2 Å². The van der Waals surface area contributed by atoms with Crippen molar-refractivity contribution in [3.8, 4) is 11.4 Å². The zero-order valence-corrected chi connectivity index (χ0v) is 17.2. The summed E-state index contributed by atoms with van der Waals surface area (Å²) in [5.41, 5.74) is 2.38. The zero-order chi connectivity index (χ0) is 22.3. The van der Waals surface area contributed by atoms with Crippen molar-refractivity contribution in [1.29, 1.82) is 0 Å². The molecule has 0 aliphatic heterocycles. The van der Waals surface area contributed by atoms with Gasteiger partial charge < -0.3 is 20.3 Å². The predicted octanol–water partition coefficient (Wildman–Crippen LogP) is 3.59. The molecule has 3 heterocycles. The van der Waals surface area contributed by atoms with Crippen LogP contribution in [0, 0.1) is 6.92 Å². The van der Waals surface area contributed by atoms with Gasteiger partial charge in [0.05, 0.1) is 6.20 Å². The van der Waals surface area contributed by atoms with E-state index in [0.717, 1.165) is 12.0 Å². The van der Waals surface area contributed by atoms with Crippen molar-refractivity contribution in [2.45, 2.75) is 31.7 Å². The predicted molar refractivity (Wildman–Crippen MR) is 114 cm³/mol. The van der Waals surface area contributed by atoms with Crippen LogP contribution in [0.3, 0.4) is 0 Å². The second kappa shape index (κ2) is 7.49. The third-order valence-electron chi connectivity index (χ3n) is 5.78. The molecule has 5 rings (SSSR count). The van der Waals surface area contributed by atoms with Gasteiger partial charge in [0.15, 0.2) is 0 Å². The number of hydrogen-bond acceptors (Lipinski definition) is 6. The summed E-state index contributed by atoms with van der Waals surface area (Å²) in [5, 5.41) is 18.6. The normalized spacial score (nSPS) is 14.7. The summed E-state index contributed by atoms with van der Waals surface area (Å²) >= 11 is 0. The highest BCUT2D eigenvalue weighted by molar-refractivity contribution is 6.04. The van der Waals surface area contributed by atoms with Crippen LogP contribution in [0.25, 0.3) is 17.0 Å². The summed E-state index contributed by atoms with van der Waals surface area (Å²) in [6.07, 6.45) is 4.27. The number of aromatic nitrogens is 4. The Kier molecular flexibility index (Phi) is 4.62. The Labute approximate surface area is 182 Å². The van der Waals surface area contributed by atoms with Gasteiger partial charge in [0.2, 0.25) is 5.82 Å². The molecule has 3 N–H and O–H groups in total. The average Bonchev–Trinajstić information content (AvgIpc) is 3.40. The maximum absolute atomic E-state index is 12.9. The molecule has 0 saturated heterocycles. The zero-order valence-electron chi connectivity index (χ0n) is 17.2. The fraction of sp³-hybridized carbons (Fsp3) is 0.227. The molecule has 3 aromatic heterocycles. The number of fused-ring (bicyclic) bond motifs is 1. The number of rotatable bonds is 5. The summed E-state index contributed by atoms with van der Waals surface area (Å²) in [5.74, 6) is 0.277. The quantitative estimate of drug-likeness (QED) is 0.439. The lowest BCUT2D eigenvalue weighted by molar-refractivity contribution is 0.102. The highest BCUT2D eigenvalue weighted by atomic mass is 16.5. The first-order valence-corrected chi connectivity index (χ1v) is 10.1. The minimum Gasteiger partial charge on any atom is -0.465 e. The van der Waals surface area contributed by atoms with Crippen molar-refractivity contribution in [2.24, 2.45) is 0 Å². The number of nitrogens with zero attached hydrogens (tertiary/aromatic N) is 4. The molecule has 1 aliphatic rings. The minimum absolute atomic E-state index is 0.248. The van der Waals surface area contributed by atoms with E-state index in [1.54, 1.807) is 16.7 Å². The second-order valence-corrected chi connectivity index (χ2v) is 7.85. The molecule has 2 amide bonds. The second-order valence-electron chi connectivity index (χ2n) is 7.85. The number of carbonyl (C=O) groups excluding carboxylic acids is 1. The number of carboxylic acid groups (broad SMARTS) is 1. The first kappa shape index (κ1) is 19.7. The molecule has 1 saturated carbocycles. The van der Waals surface area contributed by atoms with Gasteiger partial charge in [0.1, 0.15) is 16.9 Å². The first-order valence-electron chi connectivity index (χ1n) is 10.1. The fourth-order valence-electron chi connectivity index (χ4n) is 3.85. The molecular formula is C22H20N6O4. The van der Waals surface area contributed by atoms with Crippen LogP contribution in [0.4, 0.5) is 10.5 Å². The van der Waals surface area contributed by atoms with E-state index in [4.69, 9.17) is 9.63 Å². The van der Waals surface area contributed by atoms with Gasteiger partial charge in [-0.25, -0.2) is 9.78 Å². The maximum Gasteiger partial charge on any atom is 0.405 e. The highest BCUT2D eigenvalue weighted by Gasteiger charge is 2.45. The van der Waals surface area contributed by atoms with Crippen LogP contribution in [0.2, 0.25) is 0 Å². The molecule has 0 radical (unpaired) electrons. The van der Waals surface area contributed by atoms with Crippen LogP contribution in [0.15, 0.2) is 53.3 Å². The number of hydrogen-bond donors (Lipinski definition) is 3. The summed E-state index contributed by atoms with van der Waals surface area (Å²) in [4.78, 5) is 32.8. The van der Waals surface area contributed by atoms with Gasteiger partial charge in [0, 0.05) is 17.4 Å². The van der Waals surface area contributed by atoms with Crippen LogP contribution < -0.4 is 10.6 Å². The number of pyridine rings is 1. The first-order chi connectivity index (χ1) is 15.4. The van der Waals surface area contributed by atoms with E-state index in [2.05, 4.69) is 25.8 Å². The van der Waals surface area contributed by atoms with Gasteiger partial charge in [-0.15, -0.1) is 0 Å². The van der Waals surface area contributed by atoms with Crippen LogP contribution in [0.5, 0.6) is 0 Å². The lowest BCUT2D eigenvalue weighted by Gasteiger charge is -2.37. The van der Waals surface area contributed by atoms with Crippen LogP contribution >= 0.6 is 0 Å². The highest BCUT2D eigenvalue weighted by Crippen LogP contribution is 2.41. The molecule has 0 unspecified atom stereocenters. The molecular weight excluding hydrogens is 412 g/mol. The average molecular weight is 432 g/mol. The van der Waals surface area contributed by atoms with Crippen molar-refractivity contribution in [1.82, 2.24) is 24.8 Å².